The van der Waals surface area contributed by atoms with Crippen LogP contribution in [0.5, 0.6) is 0 Å². The van der Waals surface area contributed by atoms with Crippen molar-refractivity contribution >= 4 is 5.91 Å². The zero-order chi connectivity index (χ0) is 18.1. The molecule has 0 radical (unpaired) electrons. The summed E-state index contributed by atoms with van der Waals surface area (Å²) in [5.41, 5.74) is -1.52. The van der Waals surface area contributed by atoms with Gasteiger partial charge in [-0.1, -0.05) is 35.5 Å². The van der Waals surface area contributed by atoms with Gasteiger partial charge in [0.2, 0.25) is 5.91 Å². The third-order valence-electron chi connectivity index (χ3n) is 4.21. The summed E-state index contributed by atoms with van der Waals surface area (Å²) in [4.78, 5) is 12.5. The van der Waals surface area contributed by atoms with Crippen molar-refractivity contribution in [1.29, 1.82) is 0 Å². The van der Waals surface area contributed by atoms with Crippen LogP contribution in [-0.4, -0.2) is 17.2 Å². The maximum atomic E-state index is 13.7. The van der Waals surface area contributed by atoms with Gasteiger partial charge in [0, 0.05) is 5.56 Å². The largest absolute Gasteiger partial charge is 0.415 e. The standard InChI is InChI=1S/C17H19F3N2O2/c1-10(14-11(2)22-24-12(14)3)15(23)21-16(4,17(18,19)20)13-8-6-5-7-9-13/h5-10H,1-4H3,(H,21,23)/t10-,16-/m1/s1. The molecule has 2 aromatic rings. The van der Waals surface area contributed by atoms with Crippen LogP contribution < -0.4 is 5.32 Å². The minimum atomic E-state index is -4.65. The molecule has 0 aliphatic carbocycles. The van der Waals surface area contributed by atoms with Crippen molar-refractivity contribution in [2.75, 3.05) is 0 Å². The number of hydrogen-bond donors (Lipinski definition) is 1. The number of rotatable bonds is 4. The van der Waals surface area contributed by atoms with Gasteiger partial charge in [0.05, 0.1) is 11.6 Å². The lowest BCUT2D eigenvalue weighted by atomic mass is 9.89. The molecular weight excluding hydrogens is 321 g/mol. The first-order valence-electron chi connectivity index (χ1n) is 7.45. The monoisotopic (exact) mass is 340 g/mol. The van der Waals surface area contributed by atoms with Crippen LogP contribution in [0.4, 0.5) is 13.2 Å². The molecule has 7 heteroatoms. The van der Waals surface area contributed by atoms with Gasteiger partial charge in [-0.2, -0.15) is 13.2 Å². The zero-order valence-electron chi connectivity index (χ0n) is 13.9. The van der Waals surface area contributed by atoms with Crippen molar-refractivity contribution in [3.63, 3.8) is 0 Å². The fourth-order valence-corrected chi connectivity index (χ4v) is 2.67. The molecule has 24 heavy (non-hydrogen) atoms. The average molecular weight is 340 g/mol. The van der Waals surface area contributed by atoms with E-state index >= 15 is 0 Å². The van der Waals surface area contributed by atoms with E-state index in [1.165, 1.54) is 31.2 Å². The number of aromatic nitrogens is 1. The van der Waals surface area contributed by atoms with E-state index in [0.29, 0.717) is 17.0 Å². The number of amides is 1. The Morgan fingerprint density at radius 2 is 1.79 bits per heavy atom. The number of carbonyl (C=O) groups is 1. The summed E-state index contributed by atoms with van der Waals surface area (Å²) in [5, 5.41) is 5.90. The molecule has 0 aliphatic heterocycles. The molecule has 4 nitrogen and oxygen atoms in total. The molecule has 0 fully saturated rings. The predicted molar refractivity (Wildman–Crippen MR) is 82.4 cm³/mol. The average Bonchev–Trinajstić information content (AvgIpc) is 2.85. The van der Waals surface area contributed by atoms with Crippen LogP contribution in [0.15, 0.2) is 34.9 Å². The summed E-state index contributed by atoms with van der Waals surface area (Å²) in [6.07, 6.45) is -4.65. The van der Waals surface area contributed by atoms with Crippen molar-refractivity contribution in [2.45, 2.75) is 45.3 Å². The van der Waals surface area contributed by atoms with Crippen molar-refractivity contribution in [2.24, 2.45) is 0 Å². The molecule has 0 spiro atoms. The number of nitrogens with one attached hydrogen (secondary N) is 1. The van der Waals surface area contributed by atoms with E-state index in [9.17, 15) is 18.0 Å². The zero-order valence-corrected chi connectivity index (χ0v) is 13.9. The van der Waals surface area contributed by atoms with E-state index in [0.717, 1.165) is 6.92 Å². The second kappa shape index (κ2) is 6.30. The number of aryl methyl sites for hydroxylation is 2. The van der Waals surface area contributed by atoms with Gasteiger partial charge in [-0.05, 0) is 33.3 Å². The van der Waals surface area contributed by atoms with Gasteiger partial charge >= 0.3 is 6.18 Å². The first kappa shape index (κ1) is 18.0. The number of halogens is 3. The Kier molecular flexibility index (Phi) is 4.73. The van der Waals surface area contributed by atoms with Crippen LogP contribution >= 0.6 is 0 Å². The lowest BCUT2D eigenvalue weighted by Crippen LogP contribution is -2.54. The lowest BCUT2D eigenvalue weighted by Gasteiger charge is -2.34. The highest BCUT2D eigenvalue weighted by Crippen LogP contribution is 2.39. The molecule has 2 rings (SSSR count). The smallest absolute Gasteiger partial charge is 0.361 e. The van der Waals surface area contributed by atoms with Gasteiger partial charge in [0.25, 0.3) is 0 Å². The Morgan fingerprint density at radius 1 is 1.21 bits per heavy atom. The van der Waals surface area contributed by atoms with Crippen LogP contribution in [0.25, 0.3) is 0 Å². The Morgan fingerprint density at radius 3 is 2.25 bits per heavy atom. The molecule has 1 amide bonds. The molecule has 0 aliphatic rings. The molecule has 0 bridgehead atoms. The van der Waals surface area contributed by atoms with Crippen LogP contribution in [0, 0.1) is 13.8 Å². The molecule has 0 saturated heterocycles. The van der Waals surface area contributed by atoms with Crippen LogP contribution in [0.1, 0.15) is 42.3 Å². The topological polar surface area (TPSA) is 55.1 Å². The van der Waals surface area contributed by atoms with Crippen LogP contribution in [0.2, 0.25) is 0 Å². The first-order valence-corrected chi connectivity index (χ1v) is 7.45. The van der Waals surface area contributed by atoms with E-state index in [1.54, 1.807) is 19.9 Å². The molecule has 130 valence electrons. The van der Waals surface area contributed by atoms with E-state index < -0.39 is 23.5 Å². The lowest BCUT2D eigenvalue weighted by molar-refractivity contribution is -0.197. The highest BCUT2D eigenvalue weighted by Gasteiger charge is 2.53. The van der Waals surface area contributed by atoms with Crippen molar-refractivity contribution in [3.8, 4) is 0 Å². The molecule has 1 aromatic carbocycles. The fraction of sp³-hybridized carbons (Fsp3) is 0.412. The number of alkyl halides is 3. The van der Waals surface area contributed by atoms with Crippen molar-refractivity contribution in [1.82, 2.24) is 10.5 Å². The summed E-state index contributed by atoms with van der Waals surface area (Å²) in [6, 6.07) is 7.31. The number of benzene rings is 1. The van der Waals surface area contributed by atoms with Crippen molar-refractivity contribution in [3.05, 3.63) is 52.9 Å². The Labute approximate surface area is 138 Å². The second-order valence-corrected chi connectivity index (χ2v) is 5.94. The molecule has 0 saturated carbocycles. The Balaban J connectivity index is 2.36. The van der Waals surface area contributed by atoms with Gasteiger partial charge in [-0.25, -0.2) is 0 Å². The van der Waals surface area contributed by atoms with Crippen molar-refractivity contribution < 1.29 is 22.5 Å². The van der Waals surface area contributed by atoms with E-state index in [-0.39, 0.29) is 5.56 Å². The molecule has 1 N–H and O–H groups in total. The summed E-state index contributed by atoms with van der Waals surface area (Å²) < 4.78 is 46.0. The van der Waals surface area contributed by atoms with Gasteiger partial charge < -0.3 is 9.84 Å². The minimum Gasteiger partial charge on any atom is -0.361 e. The maximum Gasteiger partial charge on any atom is 0.415 e. The van der Waals surface area contributed by atoms with Crippen LogP contribution in [0.3, 0.4) is 0 Å². The minimum absolute atomic E-state index is 0.0307. The summed E-state index contributed by atoms with van der Waals surface area (Å²) in [5.74, 6) is -1.14. The Bertz CT molecular complexity index is 706. The molecule has 0 unspecified atom stereocenters. The van der Waals surface area contributed by atoms with Gasteiger partial charge in [-0.3, -0.25) is 4.79 Å². The van der Waals surface area contributed by atoms with Crippen LogP contribution in [-0.2, 0) is 10.3 Å². The molecular formula is C17H19F3N2O2. The molecule has 1 aromatic heterocycles. The third kappa shape index (κ3) is 3.16. The summed E-state index contributed by atoms with van der Waals surface area (Å²) >= 11 is 0. The second-order valence-electron chi connectivity index (χ2n) is 5.94. The van der Waals surface area contributed by atoms with E-state index in [4.69, 9.17) is 4.52 Å². The maximum absolute atomic E-state index is 13.7. The van der Waals surface area contributed by atoms with Gasteiger partial charge in [-0.15, -0.1) is 0 Å². The number of hydrogen-bond acceptors (Lipinski definition) is 3. The van der Waals surface area contributed by atoms with E-state index in [2.05, 4.69) is 10.5 Å². The normalized spacial score (nSPS) is 15.6. The number of nitrogens with zero attached hydrogens (tertiary/aromatic N) is 1. The number of carbonyl (C=O) groups excluding carboxylic acids is 1. The van der Waals surface area contributed by atoms with E-state index in [1.807, 2.05) is 0 Å². The molecule has 1 heterocycles. The SMILES string of the molecule is Cc1noc(C)c1[C@@H](C)C(=O)N[C@](C)(c1ccccc1)C(F)(F)F. The van der Waals surface area contributed by atoms with Gasteiger partial charge in [0.15, 0.2) is 5.54 Å². The highest BCUT2D eigenvalue weighted by atomic mass is 19.4. The quantitative estimate of drug-likeness (QED) is 0.916. The predicted octanol–water partition coefficient (Wildman–Crippen LogP) is 3.99. The first-order chi connectivity index (χ1) is 11.1. The highest BCUT2D eigenvalue weighted by molar-refractivity contribution is 5.84. The molecule has 2 atom stereocenters. The Hall–Kier alpha value is -2.31. The summed E-state index contributed by atoms with van der Waals surface area (Å²) in [7, 11) is 0. The van der Waals surface area contributed by atoms with Gasteiger partial charge in [0.1, 0.15) is 5.76 Å². The summed E-state index contributed by atoms with van der Waals surface area (Å²) in [6.45, 7) is 5.76. The third-order valence-corrected chi connectivity index (χ3v) is 4.21. The fourth-order valence-electron chi connectivity index (χ4n) is 2.67.